The Kier molecular flexibility index (Phi) is 3.49. The molecule has 0 atom stereocenters. The summed E-state index contributed by atoms with van der Waals surface area (Å²) in [5.74, 6) is 0.967. The van der Waals surface area contributed by atoms with E-state index in [0.717, 1.165) is 11.3 Å². The zero-order valence-electron chi connectivity index (χ0n) is 9.04. The number of benzene rings is 1. The van der Waals surface area contributed by atoms with Gasteiger partial charge in [-0.1, -0.05) is 17.7 Å². The second-order valence-corrected chi connectivity index (χ2v) is 4.73. The zero-order valence-corrected chi connectivity index (χ0v) is 11.4. The molecule has 0 fully saturated rings. The van der Waals surface area contributed by atoms with Crippen LogP contribution in [-0.4, -0.2) is 9.97 Å². The summed E-state index contributed by atoms with van der Waals surface area (Å²) in [6.07, 6.45) is 1.39. The highest BCUT2D eigenvalue weighted by molar-refractivity contribution is 9.10. The molecule has 2 rings (SSSR count). The molecular weight excluding hydrogens is 304 g/mol. The Balaban J connectivity index is 2.35. The molecule has 88 valence electrons. The van der Waals surface area contributed by atoms with Gasteiger partial charge in [0.25, 0.3) is 0 Å². The van der Waals surface area contributed by atoms with Gasteiger partial charge in [0.1, 0.15) is 22.4 Å². The van der Waals surface area contributed by atoms with Crippen molar-refractivity contribution in [3.8, 4) is 0 Å². The highest BCUT2D eigenvalue weighted by Gasteiger charge is 2.08. The SMILES string of the molecule is Cc1ccc(Nc2ncnc(N)c2Br)c(Cl)c1. The smallest absolute Gasteiger partial charge is 0.150 e. The number of hydrogen-bond donors (Lipinski definition) is 2. The lowest BCUT2D eigenvalue weighted by molar-refractivity contribution is 1.16. The normalized spacial score (nSPS) is 10.3. The summed E-state index contributed by atoms with van der Waals surface area (Å²) in [6, 6.07) is 5.73. The average Bonchev–Trinajstić information content (AvgIpc) is 2.28. The number of aromatic nitrogens is 2. The van der Waals surface area contributed by atoms with Crippen LogP contribution in [0.2, 0.25) is 5.02 Å². The first-order chi connectivity index (χ1) is 8.08. The molecule has 0 saturated heterocycles. The molecule has 0 aliphatic rings. The topological polar surface area (TPSA) is 63.8 Å². The van der Waals surface area contributed by atoms with Crippen LogP contribution in [0, 0.1) is 6.92 Å². The highest BCUT2D eigenvalue weighted by atomic mass is 79.9. The van der Waals surface area contributed by atoms with Crippen molar-refractivity contribution >= 4 is 44.9 Å². The summed E-state index contributed by atoms with van der Waals surface area (Å²) in [4.78, 5) is 7.95. The summed E-state index contributed by atoms with van der Waals surface area (Å²) in [7, 11) is 0. The van der Waals surface area contributed by atoms with Gasteiger partial charge in [-0.05, 0) is 40.5 Å². The van der Waals surface area contributed by atoms with Gasteiger partial charge >= 0.3 is 0 Å². The third-order valence-electron chi connectivity index (χ3n) is 2.19. The predicted octanol–water partition coefficient (Wildman–Crippen LogP) is 3.53. The fraction of sp³-hybridized carbons (Fsp3) is 0.0909. The van der Waals surface area contributed by atoms with Crippen molar-refractivity contribution in [3.63, 3.8) is 0 Å². The van der Waals surface area contributed by atoms with Gasteiger partial charge in [0.05, 0.1) is 10.7 Å². The molecule has 0 unspecified atom stereocenters. The number of aryl methyl sites for hydroxylation is 1. The first kappa shape index (κ1) is 12.1. The average molecular weight is 314 g/mol. The monoisotopic (exact) mass is 312 g/mol. The lowest BCUT2D eigenvalue weighted by Crippen LogP contribution is -2.00. The molecule has 1 aromatic heterocycles. The lowest BCUT2D eigenvalue weighted by Gasteiger charge is -2.10. The molecule has 1 aromatic carbocycles. The van der Waals surface area contributed by atoms with Gasteiger partial charge in [0, 0.05) is 0 Å². The number of anilines is 3. The van der Waals surface area contributed by atoms with Gasteiger partial charge in [0.15, 0.2) is 0 Å². The molecule has 1 heterocycles. The molecule has 4 nitrogen and oxygen atoms in total. The Labute approximate surface area is 112 Å². The van der Waals surface area contributed by atoms with Crippen LogP contribution in [0.25, 0.3) is 0 Å². The molecule has 0 amide bonds. The van der Waals surface area contributed by atoms with Gasteiger partial charge in [-0.25, -0.2) is 9.97 Å². The first-order valence-corrected chi connectivity index (χ1v) is 6.04. The maximum Gasteiger partial charge on any atom is 0.150 e. The summed E-state index contributed by atoms with van der Waals surface area (Å²) in [6.45, 7) is 1.98. The van der Waals surface area contributed by atoms with E-state index in [-0.39, 0.29) is 0 Å². The van der Waals surface area contributed by atoms with Crippen molar-refractivity contribution in [1.29, 1.82) is 0 Å². The largest absolute Gasteiger partial charge is 0.383 e. The van der Waals surface area contributed by atoms with Crippen LogP contribution < -0.4 is 11.1 Å². The van der Waals surface area contributed by atoms with E-state index in [4.69, 9.17) is 17.3 Å². The number of nitrogens with one attached hydrogen (secondary N) is 1. The molecule has 0 spiro atoms. The number of hydrogen-bond acceptors (Lipinski definition) is 4. The second-order valence-electron chi connectivity index (χ2n) is 3.53. The number of rotatable bonds is 2. The summed E-state index contributed by atoms with van der Waals surface area (Å²) >= 11 is 9.44. The molecule has 2 aromatic rings. The van der Waals surface area contributed by atoms with Crippen LogP contribution in [0.15, 0.2) is 29.0 Å². The van der Waals surface area contributed by atoms with Crippen molar-refractivity contribution in [2.45, 2.75) is 6.92 Å². The fourth-order valence-corrected chi connectivity index (χ4v) is 1.91. The molecular formula is C11H10BrClN4. The highest BCUT2D eigenvalue weighted by Crippen LogP contribution is 2.30. The van der Waals surface area contributed by atoms with Crippen LogP contribution in [0.5, 0.6) is 0 Å². The van der Waals surface area contributed by atoms with Gasteiger partial charge < -0.3 is 11.1 Å². The Hall–Kier alpha value is -1.33. The van der Waals surface area contributed by atoms with Gasteiger partial charge in [-0.2, -0.15) is 0 Å². The lowest BCUT2D eigenvalue weighted by atomic mass is 10.2. The Morgan fingerprint density at radius 2 is 2.12 bits per heavy atom. The van der Waals surface area contributed by atoms with E-state index in [1.807, 2.05) is 25.1 Å². The predicted molar refractivity (Wildman–Crippen MR) is 73.6 cm³/mol. The van der Waals surface area contributed by atoms with E-state index in [0.29, 0.717) is 21.1 Å². The molecule has 0 aliphatic heterocycles. The van der Waals surface area contributed by atoms with Gasteiger partial charge in [-0.3, -0.25) is 0 Å². The number of nitrogens with two attached hydrogens (primary N) is 1. The van der Waals surface area contributed by atoms with Crippen LogP contribution >= 0.6 is 27.5 Å². The van der Waals surface area contributed by atoms with Crippen LogP contribution in [0.3, 0.4) is 0 Å². The molecule has 17 heavy (non-hydrogen) atoms. The fourth-order valence-electron chi connectivity index (χ4n) is 1.32. The van der Waals surface area contributed by atoms with E-state index in [1.165, 1.54) is 6.33 Å². The van der Waals surface area contributed by atoms with E-state index in [1.54, 1.807) is 0 Å². The number of halogens is 2. The standard InChI is InChI=1S/C11H10BrClN4/c1-6-2-3-8(7(13)4-6)17-11-9(12)10(14)15-5-16-11/h2-5H,1H3,(H3,14,15,16,17). The molecule has 6 heteroatoms. The van der Waals surface area contributed by atoms with Crippen molar-refractivity contribution in [1.82, 2.24) is 9.97 Å². The maximum absolute atomic E-state index is 6.12. The van der Waals surface area contributed by atoms with Gasteiger partial charge in [-0.15, -0.1) is 0 Å². The molecule has 3 N–H and O–H groups in total. The Morgan fingerprint density at radius 3 is 2.82 bits per heavy atom. The number of nitrogens with zero attached hydrogens (tertiary/aromatic N) is 2. The molecule has 0 aliphatic carbocycles. The third kappa shape index (κ3) is 2.68. The minimum atomic E-state index is 0.380. The summed E-state index contributed by atoms with van der Waals surface area (Å²) < 4.78 is 0.622. The van der Waals surface area contributed by atoms with Crippen molar-refractivity contribution in [2.75, 3.05) is 11.1 Å². The van der Waals surface area contributed by atoms with E-state index in [9.17, 15) is 0 Å². The van der Waals surface area contributed by atoms with Crippen LogP contribution in [0.4, 0.5) is 17.3 Å². The van der Waals surface area contributed by atoms with Crippen molar-refractivity contribution in [2.24, 2.45) is 0 Å². The Morgan fingerprint density at radius 1 is 1.35 bits per heavy atom. The minimum absolute atomic E-state index is 0.380. The van der Waals surface area contributed by atoms with Crippen molar-refractivity contribution < 1.29 is 0 Å². The van der Waals surface area contributed by atoms with E-state index < -0.39 is 0 Å². The summed E-state index contributed by atoms with van der Waals surface area (Å²) in [5.41, 5.74) is 7.54. The third-order valence-corrected chi connectivity index (χ3v) is 3.29. The van der Waals surface area contributed by atoms with Crippen LogP contribution in [-0.2, 0) is 0 Å². The van der Waals surface area contributed by atoms with Gasteiger partial charge in [0.2, 0.25) is 0 Å². The molecule has 0 saturated carbocycles. The Bertz CT molecular complexity index is 559. The zero-order chi connectivity index (χ0) is 12.4. The molecule has 0 radical (unpaired) electrons. The van der Waals surface area contributed by atoms with Crippen molar-refractivity contribution in [3.05, 3.63) is 39.6 Å². The second kappa shape index (κ2) is 4.89. The maximum atomic E-state index is 6.12. The van der Waals surface area contributed by atoms with Crippen LogP contribution in [0.1, 0.15) is 5.56 Å². The first-order valence-electron chi connectivity index (χ1n) is 4.87. The van der Waals surface area contributed by atoms with E-state index in [2.05, 4.69) is 31.2 Å². The summed E-state index contributed by atoms with van der Waals surface area (Å²) in [5, 5.41) is 3.73. The number of nitrogen functional groups attached to an aromatic ring is 1. The quantitative estimate of drug-likeness (QED) is 0.890. The van der Waals surface area contributed by atoms with E-state index >= 15 is 0 Å². The molecule has 0 bridgehead atoms. The minimum Gasteiger partial charge on any atom is -0.383 e.